The molecule has 0 saturated carbocycles. The maximum Gasteiger partial charge on any atom is 0.173 e. The minimum atomic E-state index is 0.0551. The smallest absolute Gasteiger partial charge is 0.173 e. The third kappa shape index (κ3) is 6.21. The fourth-order valence-electron chi connectivity index (χ4n) is 2.08. The number of ether oxygens (including phenoxy) is 2. The summed E-state index contributed by atoms with van der Waals surface area (Å²) in [6, 6.07) is 7.19. The van der Waals surface area contributed by atoms with Crippen molar-refractivity contribution < 1.29 is 9.47 Å². The highest BCUT2D eigenvalue weighted by molar-refractivity contribution is 5.95. The minimum Gasteiger partial charge on any atom is -0.494 e. The lowest BCUT2D eigenvalue weighted by Gasteiger charge is -2.08. The average Bonchev–Trinajstić information content (AvgIpc) is 2.61. The van der Waals surface area contributed by atoms with Crippen molar-refractivity contribution in [3.8, 4) is 11.5 Å². The molecule has 2 aromatic rings. The van der Waals surface area contributed by atoms with Crippen LogP contribution < -0.4 is 15.2 Å². The largest absolute Gasteiger partial charge is 0.494 e. The summed E-state index contributed by atoms with van der Waals surface area (Å²) in [6.07, 6.45) is 6.02. The fourth-order valence-corrected chi connectivity index (χ4v) is 2.08. The Hall–Kier alpha value is -2.96. The summed E-state index contributed by atoms with van der Waals surface area (Å²) < 4.78 is 11.2. The van der Waals surface area contributed by atoms with E-state index in [4.69, 9.17) is 26.0 Å². The van der Waals surface area contributed by atoms with Gasteiger partial charge in [0.15, 0.2) is 11.6 Å². The molecule has 0 radical (unpaired) electrons. The molecule has 25 heavy (non-hydrogen) atoms. The van der Waals surface area contributed by atoms with E-state index in [2.05, 4.69) is 9.97 Å². The van der Waals surface area contributed by atoms with Gasteiger partial charge in [0.2, 0.25) is 0 Å². The van der Waals surface area contributed by atoms with Crippen LogP contribution in [0.15, 0.2) is 36.7 Å². The second-order valence-corrected chi connectivity index (χ2v) is 5.56. The molecule has 132 valence electrons. The van der Waals surface area contributed by atoms with Crippen LogP contribution in [0.3, 0.4) is 0 Å². The van der Waals surface area contributed by atoms with Crippen LogP contribution >= 0.6 is 0 Å². The van der Waals surface area contributed by atoms with Crippen molar-refractivity contribution in [3.63, 3.8) is 0 Å². The fraction of sp³-hybridized carbons (Fsp3) is 0.333. The Morgan fingerprint density at radius 3 is 2.00 bits per heavy atom. The topological polar surface area (TPSA) is 118 Å². The van der Waals surface area contributed by atoms with Crippen molar-refractivity contribution in [2.24, 2.45) is 5.73 Å². The van der Waals surface area contributed by atoms with Crippen molar-refractivity contribution in [3.05, 3.63) is 48.0 Å². The third-order valence-electron chi connectivity index (χ3n) is 3.46. The lowest BCUT2D eigenvalue weighted by Crippen LogP contribution is -2.10. The molecule has 7 heteroatoms. The van der Waals surface area contributed by atoms with Gasteiger partial charge in [-0.15, -0.1) is 0 Å². The number of benzene rings is 1. The molecule has 7 nitrogen and oxygen atoms in total. The first-order valence-corrected chi connectivity index (χ1v) is 8.14. The molecule has 2 rings (SSSR count). The zero-order valence-corrected chi connectivity index (χ0v) is 14.3. The van der Waals surface area contributed by atoms with E-state index in [1.165, 1.54) is 0 Å². The first kappa shape index (κ1) is 18.4. The van der Waals surface area contributed by atoms with Gasteiger partial charge in [0, 0.05) is 5.56 Å². The summed E-state index contributed by atoms with van der Waals surface area (Å²) in [4.78, 5) is 8.11. The molecule has 0 amide bonds. The van der Waals surface area contributed by atoms with Crippen LogP contribution in [0.4, 0.5) is 0 Å². The molecule has 0 atom stereocenters. The molecular formula is C18H23N5O2. The number of nitrogen functional groups attached to an aromatic ring is 1. The molecule has 0 aliphatic rings. The van der Waals surface area contributed by atoms with E-state index >= 15 is 0 Å². The molecule has 0 aliphatic heterocycles. The Labute approximate surface area is 147 Å². The molecule has 0 fully saturated rings. The summed E-state index contributed by atoms with van der Waals surface area (Å²) in [5.74, 6) is 1.87. The number of nitrogens with one attached hydrogen (secondary N) is 2. The van der Waals surface area contributed by atoms with Crippen LogP contribution in [0, 0.1) is 10.8 Å². The van der Waals surface area contributed by atoms with E-state index in [1.54, 1.807) is 31.5 Å². The van der Waals surface area contributed by atoms with Crippen LogP contribution in [-0.4, -0.2) is 34.7 Å². The summed E-state index contributed by atoms with van der Waals surface area (Å²) >= 11 is 0. The number of hydrogen-bond donors (Lipinski definition) is 3. The quantitative estimate of drug-likeness (QED) is 0.349. The van der Waals surface area contributed by atoms with Crippen LogP contribution in [0.5, 0.6) is 11.5 Å². The summed E-state index contributed by atoms with van der Waals surface area (Å²) in [6.45, 7) is 2.88. The Morgan fingerprint density at radius 2 is 1.48 bits per heavy atom. The molecule has 0 unspecified atom stereocenters. The predicted molar refractivity (Wildman–Crippen MR) is 96.8 cm³/mol. The number of amidine groups is 1. The Morgan fingerprint density at radius 1 is 0.920 bits per heavy atom. The van der Waals surface area contributed by atoms with Crippen LogP contribution in [0.2, 0.25) is 0 Å². The van der Waals surface area contributed by atoms with Crippen molar-refractivity contribution in [1.82, 2.24) is 9.97 Å². The van der Waals surface area contributed by atoms with E-state index in [-0.39, 0.29) is 5.84 Å². The van der Waals surface area contributed by atoms with Gasteiger partial charge < -0.3 is 20.6 Å². The zero-order chi connectivity index (χ0) is 18.1. The number of rotatable bonds is 10. The van der Waals surface area contributed by atoms with Gasteiger partial charge in [-0.1, -0.05) is 0 Å². The number of aromatic nitrogens is 2. The molecular weight excluding hydrogens is 318 g/mol. The second-order valence-electron chi connectivity index (χ2n) is 5.56. The monoisotopic (exact) mass is 341 g/mol. The van der Waals surface area contributed by atoms with Gasteiger partial charge in [-0.3, -0.25) is 5.41 Å². The Kier molecular flexibility index (Phi) is 6.88. The maximum absolute atomic E-state index is 7.44. The molecule has 1 aromatic carbocycles. The minimum absolute atomic E-state index is 0.0551. The van der Waals surface area contributed by atoms with Gasteiger partial charge in [0.1, 0.15) is 11.6 Å². The van der Waals surface area contributed by atoms with Crippen molar-refractivity contribution in [2.75, 3.05) is 13.2 Å². The molecule has 0 bridgehead atoms. The van der Waals surface area contributed by atoms with E-state index in [0.29, 0.717) is 36.1 Å². The number of nitrogens with zero attached hydrogens (tertiary/aromatic N) is 2. The SMILES string of the molecule is CC(=N)c1ncc(OCCCCCOc2ccc(C(=N)N)cc2)cn1. The van der Waals surface area contributed by atoms with Crippen molar-refractivity contribution in [1.29, 1.82) is 10.8 Å². The Bertz CT molecular complexity index is 637. The highest BCUT2D eigenvalue weighted by Crippen LogP contribution is 2.13. The first-order chi connectivity index (χ1) is 12.1. The summed E-state index contributed by atoms with van der Waals surface area (Å²) in [7, 11) is 0. The highest BCUT2D eigenvalue weighted by atomic mass is 16.5. The molecule has 1 aromatic heterocycles. The summed E-state index contributed by atoms with van der Waals surface area (Å²) in [5.41, 5.74) is 6.44. The number of nitrogens with two attached hydrogens (primary N) is 1. The van der Waals surface area contributed by atoms with Gasteiger partial charge in [-0.2, -0.15) is 0 Å². The van der Waals surface area contributed by atoms with E-state index in [1.807, 2.05) is 12.1 Å². The van der Waals surface area contributed by atoms with E-state index in [0.717, 1.165) is 25.0 Å². The predicted octanol–water partition coefficient (Wildman–Crippen LogP) is 2.78. The van der Waals surface area contributed by atoms with Crippen molar-refractivity contribution in [2.45, 2.75) is 26.2 Å². The van der Waals surface area contributed by atoms with Crippen LogP contribution in [0.25, 0.3) is 0 Å². The van der Waals surface area contributed by atoms with Crippen LogP contribution in [-0.2, 0) is 0 Å². The van der Waals surface area contributed by atoms with Gasteiger partial charge >= 0.3 is 0 Å². The maximum atomic E-state index is 7.44. The first-order valence-electron chi connectivity index (χ1n) is 8.14. The van der Waals surface area contributed by atoms with Crippen LogP contribution in [0.1, 0.15) is 37.6 Å². The number of unbranched alkanes of at least 4 members (excludes halogenated alkanes) is 2. The second kappa shape index (κ2) is 9.36. The molecule has 0 saturated heterocycles. The van der Waals surface area contributed by atoms with Gasteiger partial charge in [0.05, 0.1) is 31.3 Å². The van der Waals surface area contributed by atoms with Gasteiger partial charge in [-0.25, -0.2) is 9.97 Å². The lowest BCUT2D eigenvalue weighted by molar-refractivity contribution is 0.278. The molecule has 0 spiro atoms. The van der Waals surface area contributed by atoms with Crippen molar-refractivity contribution >= 4 is 11.5 Å². The average molecular weight is 341 g/mol. The molecule has 0 aliphatic carbocycles. The van der Waals surface area contributed by atoms with E-state index in [9.17, 15) is 0 Å². The van der Waals surface area contributed by atoms with Gasteiger partial charge in [0.25, 0.3) is 0 Å². The molecule has 1 heterocycles. The number of hydrogen-bond acceptors (Lipinski definition) is 6. The Balaban J connectivity index is 1.57. The highest BCUT2D eigenvalue weighted by Gasteiger charge is 2.01. The normalized spacial score (nSPS) is 10.3. The third-order valence-corrected chi connectivity index (χ3v) is 3.46. The molecule has 4 N–H and O–H groups in total. The lowest BCUT2D eigenvalue weighted by atomic mass is 10.2. The van der Waals surface area contributed by atoms with E-state index < -0.39 is 0 Å². The summed E-state index contributed by atoms with van der Waals surface area (Å²) in [5, 5.41) is 14.8. The standard InChI is InChI=1S/C18H23N5O2/c1-13(19)18-22-11-16(12-23-18)25-10-4-2-3-9-24-15-7-5-14(6-8-15)17(20)21/h5-8,11-12,19H,2-4,9-10H2,1H3,(H3,20,21). The van der Waals surface area contributed by atoms with Gasteiger partial charge in [-0.05, 0) is 50.5 Å². The zero-order valence-electron chi connectivity index (χ0n) is 14.3.